The van der Waals surface area contributed by atoms with Gasteiger partial charge in [0.05, 0.1) is 17.6 Å². The van der Waals surface area contributed by atoms with Gasteiger partial charge in [-0.2, -0.15) is 0 Å². The van der Waals surface area contributed by atoms with Gasteiger partial charge in [0.25, 0.3) is 5.91 Å². The van der Waals surface area contributed by atoms with E-state index < -0.39 is 5.82 Å². The Labute approximate surface area is 139 Å². The van der Waals surface area contributed by atoms with Crippen molar-refractivity contribution < 1.29 is 13.9 Å². The maximum atomic E-state index is 13.4. The molecule has 0 aliphatic carbocycles. The van der Waals surface area contributed by atoms with Crippen molar-refractivity contribution in [1.82, 2.24) is 14.9 Å². The third-order valence-corrected chi connectivity index (χ3v) is 3.69. The Morgan fingerprint density at radius 3 is 2.75 bits per heavy atom. The van der Waals surface area contributed by atoms with Gasteiger partial charge in [0, 0.05) is 6.54 Å². The minimum Gasteiger partial charge on any atom is -0.481 e. The minimum absolute atomic E-state index is 0.0634. The van der Waals surface area contributed by atoms with Crippen molar-refractivity contribution in [3.05, 3.63) is 60.2 Å². The first kappa shape index (κ1) is 16.0. The summed E-state index contributed by atoms with van der Waals surface area (Å²) in [6, 6.07) is 13.8. The van der Waals surface area contributed by atoms with Crippen LogP contribution in [0.4, 0.5) is 4.39 Å². The lowest BCUT2D eigenvalue weighted by Crippen LogP contribution is -2.29. The number of aryl methyl sites for hydroxylation is 1. The summed E-state index contributed by atoms with van der Waals surface area (Å²) in [6.45, 7) is 2.84. The number of hydrogen-bond acceptors (Lipinski definition) is 3. The summed E-state index contributed by atoms with van der Waals surface area (Å²) in [7, 11) is 0. The van der Waals surface area contributed by atoms with Crippen LogP contribution in [0.1, 0.15) is 12.7 Å². The number of amides is 1. The molecular formula is C18H18FN3O2. The number of para-hydroxylation sites is 3. The molecule has 0 aliphatic rings. The molecule has 2 aromatic carbocycles. The number of nitrogens with one attached hydrogen (secondary N) is 1. The SMILES string of the molecule is CCn1c(CNC(=O)COc2ccccc2F)nc2ccccc21. The van der Waals surface area contributed by atoms with Crippen molar-refractivity contribution in [2.24, 2.45) is 0 Å². The molecular weight excluding hydrogens is 309 g/mol. The standard InChI is InChI=1S/C18H18FN3O2/c1-2-22-15-9-5-4-8-14(15)21-17(22)11-20-18(23)12-24-16-10-6-3-7-13(16)19/h3-10H,2,11-12H2,1H3,(H,20,23). The first-order valence-corrected chi connectivity index (χ1v) is 7.77. The molecule has 5 nitrogen and oxygen atoms in total. The van der Waals surface area contributed by atoms with E-state index in [9.17, 15) is 9.18 Å². The van der Waals surface area contributed by atoms with Crippen LogP contribution in [0.15, 0.2) is 48.5 Å². The summed E-state index contributed by atoms with van der Waals surface area (Å²) in [5.41, 5.74) is 1.93. The lowest BCUT2D eigenvalue weighted by molar-refractivity contribution is -0.123. The van der Waals surface area contributed by atoms with Gasteiger partial charge in [0.2, 0.25) is 0 Å². The first-order valence-electron chi connectivity index (χ1n) is 7.77. The maximum absolute atomic E-state index is 13.4. The van der Waals surface area contributed by atoms with Gasteiger partial charge in [-0.25, -0.2) is 9.37 Å². The van der Waals surface area contributed by atoms with E-state index in [0.29, 0.717) is 6.54 Å². The van der Waals surface area contributed by atoms with Gasteiger partial charge in [-0.15, -0.1) is 0 Å². The number of nitrogens with zero attached hydrogens (tertiary/aromatic N) is 2. The number of benzene rings is 2. The van der Waals surface area contributed by atoms with E-state index in [2.05, 4.69) is 10.3 Å². The van der Waals surface area contributed by atoms with Crippen LogP contribution in [0.2, 0.25) is 0 Å². The number of carbonyl (C=O) groups is 1. The summed E-state index contributed by atoms with van der Waals surface area (Å²) < 4.78 is 20.7. The molecule has 24 heavy (non-hydrogen) atoms. The zero-order valence-electron chi connectivity index (χ0n) is 13.3. The molecule has 0 atom stereocenters. The molecule has 1 N–H and O–H groups in total. The Hall–Kier alpha value is -2.89. The van der Waals surface area contributed by atoms with Crippen LogP contribution in [0.3, 0.4) is 0 Å². The van der Waals surface area contributed by atoms with E-state index in [1.54, 1.807) is 12.1 Å². The maximum Gasteiger partial charge on any atom is 0.258 e. The summed E-state index contributed by atoms with van der Waals surface area (Å²) in [4.78, 5) is 16.5. The molecule has 0 saturated heterocycles. The topological polar surface area (TPSA) is 56.2 Å². The van der Waals surface area contributed by atoms with Crippen molar-refractivity contribution in [3.63, 3.8) is 0 Å². The smallest absolute Gasteiger partial charge is 0.258 e. The number of fused-ring (bicyclic) bond motifs is 1. The van der Waals surface area contributed by atoms with E-state index in [-0.39, 0.29) is 18.3 Å². The second-order valence-corrected chi connectivity index (χ2v) is 5.26. The monoisotopic (exact) mass is 327 g/mol. The summed E-state index contributed by atoms with van der Waals surface area (Å²) in [6.07, 6.45) is 0. The Morgan fingerprint density at radius 1 is 1.21 bits per heavy atom. The molecule has 3 rings (SSSR count). The van der Waals surface area contributed by atoms with Gasteiger partial charge in [0.1, 0.15) is 5.82 Å². The fourth-order valence-electron chi connectivity index (χ4n) is 2.55. The molecule has 3 aromatic rings. The molecule has 6 heteroatoms. The molecule has 0 aliphatic heterocycles. The zero-order valence-corrected chi connectivity index (χ0v) is 13.3. The van der Waals surface area contributed by atoms with Gasteiger partial charge in [-0.05, 0) is 31.2 Å². The molecule has 124 valence electrons. The van der Waals surface area contributed by atoms with Crippen molar-refractivity contribution in [2.45, 2.75) is 20.0 Å². The first-order chi connectivity index (χ1) is 11.7. The van der Waals surface area contributed by atoms with Gasteiger partial charge >= 0.3 is 0 Å². The molecule has 0 fully saturated rings. The van der Waals surface area contributed by atoms with E-state index in [1.807, 2.05) is 35.8 Å². The average molecular weight is 327 g/mol. The summed E-state index contributed by atoms with van der Waals surface area (Å²) in [5.74, 6) is 0.0254. The Kier molecular flexibility index (Phi) is 4.74. The number of halogens is 1. The molecule has 0 spiro atoms. The van der Waals surface area contributed by atoms with E-state index in [0.717, 1.165) is 23.4 Å². The van der Waals surface area contributed by atoms with Crippen molar-refractivity contribution >= 4 is 16.9 Å². The van der Waals surface area contributed by atoms with Gasteiger partial charge in [0.15, 0.2) is 18.2 Å². The predicted octanol–water partition coefficient (Wildman–Crippen LogP) is 2.89. The third-order valence-electron chi connectivity index (χ3n) is 3.69. The van der Waals surface area contributed by atoms with Crippen LogP contribution in [0, 0.1) is 5.82 Å². The highest BCUT2D eigenvalue weighted by molar-refractivity contribution is 5.78. The molecule has 0 unspecified atom stereocenters. The normalized spacial score (nSPS) is 10.8. The Balaban J connectivity index is 1.61. The lowest BCUT2D eigenvalue weighted by Gasteiger charge is -2.09. The van der Waals surface area contributed by atoms with Crippen LogP contribution < -0.4 is 10.1 Å². The Bertz CT molecular complexity index is 860. The highest BCUT2D eigenvalue weighted by Crippen LogP contribution is 2.16. The molecule has 0 saturated carbocycles. The molecule has 1 heterocycles. The Morgan fingerprint density at radius 2 is 1.96 bits per heavy atom. The zero-order chi connectivity index (χ0) is 16.9. The predicted molar refractivity (Wildman–Crippen MR) is 89.1 cm³/mol. The second-order valence-electron chi connectivity index (χ2n) is 5.26. The number of rotatable bonds is 6. The molecule has 0 bridgehead atoms. The highest BCUT2D eigenvalue weighted by atomic mass is 19.1. The lowest BCUT2D eigenvalue weighted by atomic mass is 10.3. The van der Waals surface area contributed by atoms with Crippen molar-refractivity contribution in [3.8, 4) is 5.75 Å². The van der Waals surface area contributed by atoms with Gasteiger partial charge in [-0.1, -0.05) is 24.3 Å². The van der Waals surface area contributed by atoms with Crippen LogP contribution in [0.25, 0.3) is 11.0 Å². The number of aromatic nitrogens is 2. The van der Waals surface area contributed by atoms with Crippen molar-refractivity contribution in [2.75, 3.05) is 6.61 Å². The second kappa shape index (κ2) is 7.12. The quantitative estimate of drug-likeness (QED) is 0.757. The molecule has 1 aromatic heterocycles. The number of carbonyl (C=O) groups excluding carboxylic acids is 1. The summed E-state index contributed by atoms with van der Waals surface area (Å²) in [5, 5.41) is 2.75. The van der Waals surface area contributed by atoms with Crippen LogP contribution in [-0.2, 0) is 17.9 Å². The van der Waals surface area contributed by atoms with Crippen LogP contribution in [-0.4, -0.2) is 22.1 Å². The fourth-order valence-corrected chi connectivity index (χ4v) is 2.55. The van der Waals surface area contributed by atoms with Gasteiger partial charge in [-0.3, -0.25) is 4.79 Å². The largest absolute Gasteiger partial charge is 0.481 e. The average Bonchev–Trinajstić information content (AvgIpc) is 2.96. The number of hydrogen-bond donors (Lipinski definition) is 1. The van der Waals surface area contributed by atoms with E-state index in [1.165, 1.54) is 12.1 Å². The van der Waals surface area contributed by atoms with E-state index in [4.69, 9.17) is 4.74 Å². The molecule has 1 amide bonds. The van der Waals surface area contributed by atoms with E-state index >= 15 is 0 Å². The highest BCUT2D eigenvalue weighted by Gasteiger charge is 2.11. The molecule has 0 radical (unpaired) electrons. The van der Waals surface area contributed by atoms with Crippen LogP contribution >= 0.6 is 0 Å². The van der Waals surface area contributed by atoms with Crippen LogP contribution in [0.5, 0.6) is 5.75 Å². The minimum atomic E-state index is -0.488. The third kappa shape index (κ3) is 3.37. The van der Waals surface area contributed by atoms with Crippen molar-refractivity contribution in [1.29, 1.82) is 0 Å². The number of imidazole rings is 1. The summed E-state index contributed by atoms with van der Waals surface area (Å²) >= 11 is 0. The van der Waals surface area contributed by atoms with Gasteiger partial charge < -0.3 is 14.6 Å². The fraction of sp³-hybridized carbons (Fsp3) is 0.222. The number of ether oxygens (including phenoxy) is 1.